The first-order chi connectivity index (χ1) is 17.7. The summed E-state index contributed by atoms with van der Waals surface area (Å²) in [4.78, 5) is 34.9. The van der Waals surface area contributed by atoms with Gasteiger partial charge in [-0.3, -0.25) is 9.59 Å². The summed E-state index contributed by atoms with van der Waals surface area (Å²) in [6, 6.07) is 1.89. The number of carbonyl (C=O) groups excluding carboxylic acids is 2. The topological polar surface area (TPSA) is 96.4 Å². The molecular formula is C24H25Cl2F4N5O3. The fourth-order valence-electron chi connectivity index (χ4n) is 4.79. The lowest BCUT2D eigenvalue weighted by Crippen LogP contribution is -2.55. The Morgan fingerprint density at radius 2 is 1.76 bits per heavy atom. The quantitative estimate of drug-likeness (QED) is 0.463. The lowest BCUT2D eigenvalue weighted by molar-refractivity contribution is -0.135. The Morgan fingerprint density at radius 3 is 2.34 bits per heavy atom. The molecule has 2 unspecified atom stereocenters. The molecule has 2 N–H and O–H groups in total. The summed E-state index contributed by atoms with van der Waals surface area (Å²) in [7, 11) is 0. The van der Waals surface area contributed by atoms with Crippen LogP contribution in [0.4, 0.5) is 23.4 Å². The van der Waals surface area contributed by atoms with E-state index in [1.54, 1.807) is 19.2 Å². The number of piperidine rings is 1. The first kappa shape index (κ1) is 28.2. The number of carbonyl (C=O) groups is 2. The first-order valence-corrected chi connectivity index (χ1v) is 12.6. The monoisotopic (exact) mass is 577 g/mol. The Hall–Kier alpha value is -2.86. The van der Waals surface area contributed by atoms with Gasteiger partial charge in [0.2, 0.25) is 5.88 Å². The highest BCUT2D eigenvalue weighted by molar-refractivity contribution is 6.35. The van der Waals surface area contributed by atoms with E-state index in [9.17, 15) is 27.2 Å². The van der Waals surface area contributed by atoms with Crippen molar-refractivity contribution < 1.29 is 31.9 Å². The number of hydrogen-bond donors (Lipinski definition) is 2. The Balaban J connectivity index is 1.39. The van der Waals surface area contributed by atoms with Crippen molar-refractivity contribution in [3.63, 3.8) is 0 Å². The van der Waals surface area contributed by atoms with Gasteiger partial charge in [0.1, 0.15) is 11.6 Å². The lowest BCUT2D eigenvalue weighted by Gasteiger charge is -2.40. The molecule has 38 heavy (non-hydrogen) atoms. The van der Waals surface area contributed by atoms with Crippen LogP contribution in [0.3, 0.4) is 0 Å². The molecule has 206 valence electrons. The number of rotatable bonds is 7. The minimum Gasteiger partial charge on any atom is -0.460 e. The molecule has 0 spiro atoms. The van der Waals surface area contributed by atoms with Crippen molar-refractivity contribution in [3.8, 4) is 5.88 Å². The van der Waals surface area contributed by atoms with Gasteiger partial charge in [0.05, 0.1) is 10.6 Å². The molecule has 2 bridgehead atoms. The zero-order valence-electron chi connectivity index (χ0n) is 20.4. The summed E-state index contributed by atoms with van der Waals surface area (Å²) in [5.41, 5.74) is -1.60. The van der Waals surface area contributed by atoms with Crippen LogP contribution in [0, 0.1) is 5.82 Å². The maximum absolute atomic E-state index is 15.0. The number of anilines is 1. The molecule has 2 aromatic rings. The third-order valence-electron chi connectivity index (χ3n) is 6.52. The number of fused-ring (bicyclic) bond motifs is 2. The number of alkyl halides is 3. The molecule has 2 atom stereocenters. The van der Waals surface area contributed by atoms with E-state index >= 15 is 0 Å². The van der Waals surface area contributed by atoms with Crippen molar-refractivity contribution in [3.05, 3.63) is 46.0 Å². The molecular weight excluding hydrogens is 553 g/mol. The van der Waals surface area contributed by atoms with Gasteiger partial charge in [0, 0.05) is 30.5 Å². The normalized spacial score (nSPS) is 21.3. The van der Waals surface area contributed by atoms with Crippen molar-refractivity contribution in [1.29, 1.82) is 0 Å². The van der Waals surface area contributed by atoms with Crippen LogP contribution in [0.2, 0.25) is 10.0 Å². The number of pyridine rings is 2. The van der Waals surface area contributed by atoms with Crippen LogP contribution in [0.5, 0.6) is 5.88 Å². The lowest BCUT2D eigenvalue weighted by atomic mass is 9.96. The van der Waals surface area contributed by atoms with Gasteiger partial charge >= 0.3 is 6.18 Å². The van der Waals surface area contributed by atoms with Gasteiger partial charge in [0.15, 0.2) is 17.2 Å². The molecule has 0 radical (unpaired) electrons. The molecule has 4 heterocycles. The van der Waals surface area contributed by atoms with E-state index in [2.05, 4.69) is 15.3 Å². The van der Waals surface area contributed by atoms with E-state index in [1.807, 2.05) is 4.90 Å². The molecule has 2 fully saturated rings. The largest absolute Gasteiger partial charge is 0.460 e. The highest BCUT2D eigenvalue weighted by Gasteiger charge is 2.44. The standard InChI is InChI=1S/C24H25Cl2F4N5O3/c1-23(2,38-21-17(26)6-13(25)10-32-21)22(37)34-14-7-15-3-4-16(8-14)35(15)19-18(27)5-12(9-31-19)20(36)33-11-24(28,29)30/h5-6,9-10,14-16H,3-4,7-8,11H2,1-2H3,(H,33,36)(H,34,37). The number of aromatic nitrogens is 2. The van der Waals surface area contributed by atoms with Gasteiger partial charge in [-0.25, -0.2) is 14.4 Å². The van der Waals surface area contributed by atoms with Crippen LogP contribution in [0.25, 0.3) is 0 Å². The highest BCUT2D eigenvalue weighted by atomic mass is 35.5. The molecule has 2 saturated heterocycles. The van der Waals surface area contributed by atoms with Gasteiger partial charge in [-0.2, -0.15) is 13.2 Å². The molecule has 0 aromatic carbocycles. The minimum absolute atomic E-state index is 0.0294. The Bertz CT molecular complexity index is 1220. The molecule has 2 aliphatic rings. The number of hydrogen-bond acceptors (Lipinski definition) is 6. The van der Waals surface area contributed by atoms with Crippen LogP contribution in [0.15, 0.2) is 24.5 Å². The summed E-state index contributed by atoms with van der Waals surface area (Å²) in [6.07, 6.45) is 0.375. The number of halogens is 6. The third kappa shape index (κ3) is 6.40. The number of ether oxygens (including phenoxy) is 1. The average Bonchev–Trinajstić information content (AvgIpc) is 3.08. The van der Waals surface area contributed by atoms with Crippen LogP contribution >= 0.6 is 23.2 Å². The molecule has 2 aromatic heterocycles. The molecule has 2 aliphatic heterocycles. The van der Waals surface area contributed by atoms with Crippen LogP contribution in [0.1, 0.15) is 49.9 Å². The van der Waals surface area contributed by atoms with Crippen molar-refractivity contribution in [1.82, 2.24) is 20.6 Å². The summed E-state index contributed by atoms with van der Waals surface area (Å²) >= 11 is 12.0. The second kappa shape index (κ2) is 10.7. The van der Waals surface area contributed by atoms with E-state index in [0.29, 0.717) is 17.9 Å². The molecule has 0 saturated carbocycles. The zero-order chi connectivity index (χ0) is 27.8. The molecule has 0 aliphatic carbocycles. The Labute approximate surface area is 226 Å². The predicted molar refractivity (Wildman–Crippen MR) is 132 cm³/mol. The SMILES string of the molecule is CC(C)(Oc1ncc(Cl)cc1Cl)C(=O)NC1CC2CCC(C1)N2c1ncc(C(=O)NCC(F)(F)F)cc1F. The van der Waals surface area contributed by atoms with Gasteiger partial charge in [-0.05, 0) is 51.7 Å². The van der Waals surface area contributed by atoms with E-state index in [0.717, 1.165) is 25.1 Å². The van der Waals surface area contributed by atoms with Gasteiger partial charge in [0.25, 0.3) is 11.8 Å². The molecule has 8 nitrogen and oxygen atoms in total. The molecule has 14 heteroatoms. The summed E-state index contributed by atoms with van der Waals surface area (Å²) < 4.78 is 57.8. The first-order valence-electron chi connectivity index (χ1n) is 11.8. The number of nitrogens with one attached hydrogen (secondary N) is 2. The third-order valence-corrected chi connectivity index (χ3v) is 7.00. The summed E-state index contributed by atoms with van der Waals surface area (Å²) in [6.45, 7) is 1.65. The second-order valence-electron chi connectivity index (χ2n) is 9.81. The summed E-state index contributed by atoms with van der Waals surface area (Å²) in [5, 5.41) is 5.20. The van der Waals surface area contributed by atoms with Crippen LogP contribution in [-0.2, 0) is 4.79 Å². The fourth-order valence-corrected chi connectivity index (χ4v) is 5.21. The van der Waals surface area contributed by atoms with Gasteiger partial charge < -0.3 is 20.3 Å². The van der Waals surface area contributed by atoms with Crippen molar-refractivity contribution in [2.24, 2.45) is 0 Å². The van der Waals surface area contributed by atoms with Crippen LogP contribution < -0.4 is 20.3 Å². The smallest absolute Gasteiger partial charge is 0.405 e. The zero-order valence-corrected chi connectivity index (χ0v) is 21.9. The number of nitrogens with zero attached hydrogens (tertiary/aromatic N) is 3. The second-order valence-corrected chi connectivity index (χ2v) is 10.7. The molecule has 2 amide bonds. The minimum atomic E-state index is -4.58. The van der Waals surface area contributed by atoms with E-state index in [1.165, 1.54) is 12.3 Å². The van der Waals surface area contributed by atoms with E-state index < -0.39 is 30.0 Å². The average molecular weight is 578 g/mol. The highest BCUT2D eigenvalue weighted by Crippen LogP contribution is 2.40. The molecule has 4 rings (SSSR count). The van der Waals surface area contributed by atoms with E-state index in [-0.39, 0.29) is 46.3 Å². The van der Waals surface area contributed by atoms with Crippen LogP contribution in [-0.4, -0.2) is 58.2 Å². The van der Waals surface area contributed by atoms with Crippen molar-refractivity contribution in [2.75, 3.05) is 11.4 Å². The van der Waals surface area contributed by atoms with Gasteiger partial charge in [-0.1, -0.05) is 23.2 Å². The number of amides is 2. The fraction of sp³-hybridized carbons (Fsp3) is 0.500. The van der Waals surface area contributed by atoms with Crippen molar-refractivity contribution >= 4 is 40.8 Å². The Kier molecular flexibility index (Phi) is 7.94. The maximum Gasteiger partial charge on any atom is 0.405 e. The maximum atomic E-state index is 15.0. The summed E-state index contributed by atoms with van der Waals surface area (Å²) in [5.74, 6) is -2.14. The van der Waals surface area contributed by atoms with E-state index in [4.69, 9.17) is 27.9 Å². The van der Waals surface area contributed by atoms with Crippen molar-refractivity contribution in [2.45, 2.75) is 69.4 Å². The van der Waals surface area contributed by atoms with Gasteiger partial charge in [-0.15, -0.1) is 0 Å². The Morgan fingerprint density at radius 1 is 1.11 bits per heavy atom. The predicted octanol–water partition coefficient (Wildman–Crippen LogP) is 4.69.